The van der Waals surface area contributed by atoms with Gasteiger partial charge in [-0.2, -0.15) is 0 Å². The van der Waals surface area contributed by atoms with Crippen LogP contribution in [0.1, 0.15) is 181 Å². The third-order valence-electron chi connectivity index (χ3n) is 8.23. The topological polar surface area (TPSA) is 18.5 Å². The second kappa shape index (κ2) is 23.1. The maximum atomic E-state index is 6.91. The summed E-state index contributed by atoms with van der Waals surface area (Å²) in [7, 11) is 0. The van der Waals surface area contributed by atoms with Crippen LogP contribution in [0.2, 0.25) is 0 Å². The van der Waals surface area contributed by atoms with Gasteiger partial charge in [-0.15, -0.1) is 0 Å². The lowest BCUT2D eigenvalue weighted by molar-refractivity contribution is -0.184. The van der Waals surface area contributed by atoms with Gasteiger partial charge in [0.05, 0.1) is 12.7 Å². The molecule has 0 aromatic rings. The molecule has 0 N–H and O–H groups in total. The van der Waals surface area contributed by atoms with E-state index in [2.05, 4.69) is 27.7 Å². The van der Waals surface area contributed by atoms with Crippen LogP contribution in [0.5, 0.6) is 0 Å². The first-order valence-corrected chi connectivity index (χ1v) is 16.3. The molecule has 1 heterocycles. The summed E-state index contributed by atoms with van der Waals surface area (Å²) in [6, 6.07) is 0. The molecule has 0 amide bonds. The van der Waals surface area contributed by atoms with E-state index < -0.39 is 0 Å². The summed E-state index contributed by atoms with van der Waals surface area (Å²) in [4.78, 5) is 0. The van der Waals surface area contributed by atoms with E-state index in [4.69, 9.17) is 9.47 Å². The minimum Gasteiger partial charge on any atom is -0.347 e. The van der Waals surface area contributed by atoms with E-state index in [1.165, 1.54) is 141 Å². The van der Waals surface area contributed by atoms with Gasteiger partial charge in [-0.1, -0.05) is 150 Å². The number of hydrogen-bond acceptors (Lipinski definition) is 2. The van der Waals surface area contributed by atoms with E-state index in [9.17, 15) is 0 Å². The van der Waals surface area contributed by atoms with Crippen molar-refractivity contribution < 1.29 is 9.47 Å². The van der Waals surface area contributed by atoms with Gasteiger partial charge in [0.1, 0.15) is 0 Å². The van der Waals surface area contributed by atoms with Crippen LogP contribution < -0.4 is 0 Å². The standard InChI is InChI=1S/C33H65O2/c1-5-9-13-16-17-18-19-20-23-27-31(26-12-8-4)32-30-34-33(35-32,28-24-21-14-10-6-2)29-25-22-15-11-7-3/h31-32H,4-30H2,1-3H3. The molecular weight excluding hydrogens is 428 g/mol. The highest BCUT2D eigenvalue weighted by atomic mass is 16.7. The van der Waals surface area contributed by atoms with Gasteiger partial charge in [0.15, 0.2) is 5.79 Å². The first-order valence-electron chi connectivity index (χ1n) is 16.3. The van der Waals surface area contributed by atoms with Gasteiger partial charge in [-0.25, -0.2) is 0 Å². The minimum absolute atomic E-state index is 0.287. The van der Waals surface area contributed by atoms with Crippen LogP contribution in [0.3, 0.4) is 0 Å². The average molecular weight is 494 g/mol. The van der Waals surface area contributed by atoms with Crippen molar-refractivity contribution >= 4 is 0 Å². The van der Waals surface area contributed by atoms with Crippen LogP contribution in [-0.4, -0.2) is 18.5 Å². The zero-order valence-corrected chi connectivity index (χ0v) is 24.6. The van der Waals surface area contributed by atoms with Crippen molar-refractivity contribution in [2.75, 3.05) is 6.61 Å². The van der Waals surface area contributed by atoms with Crippen molar-refractivity contribution in [1.82, 2.24) is 0 Å². The number of rotatable bonds is 26. The molecule has 1 aliphatic rings. The molecule has 1 fully saturated rings. The lowest BCUT2D eigenvalue weighted by Gasteiger charge is -2.30. The van der Waals surface area contributed by atoms with Crippen molar-refractivity contribution in [3.63, 3.8) is 0 Å². The Hall–Kier alpha value is -0.0800. The van der Waals surface area contributed by atoms with E-state index in [0.29, 0.717) is 12.0 Å². The van der Waals surface area contributed by atoms with Gasteiger partial charge in [-0.05, 0) is 31.6 Å². The predicted octanol–water partition coefficient (Wildman–Crippen LogP) is 11.4. The second-order valence-electron chi connectivity index (χ2n) is 11.6. The largest absolute Gasteiger partial charge is 0.347 e. The highest BCUT2D eigenvalue weighted by Crippen LogP contribution is 2.39. The molecule has 2 atom stereocenters. The third kappa shape index (κ3) is 16.4. The number of hydrogen-bond donors (Lipinski definition) is 0. The van der Waals surface area contributed by atoms with Crippen molar-refractivity contribution in [1.29, 1.82) is 0 Å². The molecule has 0 saturated carbocycles. The van der Waals surface area contributed by atoms with Crippen molar-refractivity contribution in [2.24, 2.45) is 5.92 Å². The molecule has 0 aromatic carbocycles. The lowest BCUT2D eigenvalue weighted by Crippen LogP contribution is -2.33. The molecule has 0 aromatic heterocycles. The van der Waals surface area contributed by atoms with Gasteiger partial charge in [0, 0.05) is 12.8 Å². The van der Waals surface area contributed by atoms with Crippen LogP contribution in [0.4, 0.5) is 0 Å². The average Bonchev–Trinajstić information content (AvgIpc) is 3.28. The third-order valence-corrected chi connectivity index (χ3v) is 8.23. The Morgan fingerprint density at radius 2 is 1.03 bits per heavy atom. The minimum atomic E-state index is -0.287. The summed E-state index contributed by atoms with van der Waals surface area (Å²) in [5.41, 5.74) is 0. The van der Waals surface area contributed by atoms with E-state index in [0.717, 1.165) is 25.9 Å². The summed E-state index contributed by atoms with van der Waals surface area (Å²) in [6.45, 7) is 11.8. The molecule has 1 rings (SSSR count). The Morgan fingerprint density at radius 3 is 1.51 bits per heavy atom. The summed E-state index contributed by atoms with van der Waals surface area (Å²) in [5.74, 6) is 0.368. The number of unbranched alkanes of at least 4 members (excludes halogenated alkanes) is 17. The first-order chi connectivity index (χ1) is 17.2. The summed E-state index contributed by atoms with van der Waals surface area (Å²) >= 11 is 0. The Balaban J connectivity index is 2.49. The quantitative estimate of drug-likeness (QED) is 0.111. The fraction of sp³-hybridized carbons (Fsp3) is 0.970. The molecule has 1 radical (unpaired) electrons. The van der Waals surface area contributed by atoms with Gasteiger partial charge < -0.3 is 9.47 Å². The fourth-order valence-electron chi connectivity index (χ4n) is 5.83. The van der Waals surface area contributed by atoms with Gasteiger partial charge >= 0.3 is 0 Å². The molecule has 35 heavy (non-hydrogen) atoms. The van der Waals surface area contributed by atoms with Crippen LogP contribution in [-0.2, 0) is 9.47 Å². The van der Waals surface area contributed by atoms with Crippen LogP contribution in [0.25, 0.3) is 0 Å². The van der Waals surface area contributed by atoms with Crippen LogP contribution in [0.15, 0.2) is 0 Å². The molecule has 209 valence electrons. The predicted molar refractivity (Wildman–Crippen MR) is 155 cm³/mol. The highest BCUT2D eigenvalue weighted by Gasteiger charge is 2.42. The molecule has 2 heteroatoms. The molecule has 0 aliphatic carbocycles. The Bertz CT molecular complexity index is 421. The van der Waals surface area contributed by atoms with E-state index in [1.807, 2.05) is 0 Å². The molecular formula is C33H65O2. The van der Waals surface area contributed by atoms with Gasteiger partial charge in [0.2, 0.25) is 0 Å². The van der Waals surface area contributed by atoms with Crippen LogP contribution in [0, 0.1) is 12.8 Å². The monoisotopic (exact) mass is 493 g/mol. The van der Waals surface area contributed by atoms with Crippen molar-refractivity contribution in [3.8, 4) is 0 Å². The summed E-state index contributed by atoms with van der Waals surface area (Å²) in [6.07, 6.45) is 33.2. The molecule has 0 bridgehead atoms. The fourth-order valence-corrected chi connectivity index (χ4v) is 5.83. The zero-order valence-electron chi connectivity index (χ0n) is 24.6. The van der Waals surface area contributed by atoms with Crippen molar-refractivity contribution in [3.05, 3.63) is 6.92 Å². The van der Waals surface area contributed by atoms with Crippen molar-refractivity contribution in [2.45, 2.75) is 193 Å². The molecule has 1 aliphatic heterocycles. The zero-order chi connectivity index (χ0) is 25.5. The smallest absolute Gasteiger partial charge is 0.168 e. The van der Waals surface area contributed by atoms with Gasteiger partial charge in [-0.3, -0.25) is 0 Å². The Kier molecular flexibility index (Phi) is 21.7. The second-order valence-corrected chi connectivity index (χ2v) is 11.6. The Labute approximate surface area is 222 Å². The molecule has 2 unspecified atom stereocenters. The maximum absolute atomic E-state index is 6.91. The SMILES string of the molecule is [CH2]CCCC(CCCCCCCCCCC)C1COC(CCCCCCC)(CCCCCCC)O1. The lowest BCUT2D eigenvalue weighted by atomic mass is 9.90. The van der Waals surface area contributed by atoms with E-state index in [1.54, 1.807) is 0 Å². The molecule has 1 saturated heterocycles. The molecule has 0 spiro atoms. The van der Waals surface area contributed by atoms with E-state index >= 15 is 0 Å². The number of ether oxygens (including phenoxy) is 2. The van der Waals surface area contributed by atoms with Crippen LogP contribution >= 0.6 is 0 Å². The van der Waals surface area contributed by atoms with Gasteiger partial charge in [0.25, 0.3) is 0 Å². The summed E-state index contributed by atoms with van der Waals surface area (Å²) in [5, 5.41) is 0. The molecule has 2 nitrogen and oxygen atoms in total. The Morgan fingerprint density at radius 1 is 0.600 bits per heavy atom. The highest BCUT2D eigenvalue weighted by molar-refractivity contribution is 4.84. The summed E-state index contributed by atoms with van der Waals surface area (Å²) < 4.78 is 13.5. The normalized spacial score (nSPS) is 18.3. The maximum Gasteiger partial charge on any atom is 0.168 e. The van der Waals surface area contributed by atoms with E-state index in [-0.39, 0.29) is 5.79 Å². The first kappa shape index (κ1) is 32.9.